The summed E-state index contributed by atoms with van der Waals surface area (Å²) in [6.07, 6.45) is 5.56. The van der Waals surface area contributed by atoms with Crippen LogP contribution < -0.4 is 15.4 Å². The molecule has 0 bridgehead atoms. The van der Waals surface area contributed by atoms with Gasteiger partial charge in [0.15, 0.2) is 5.96 Å². The lowest BCUT2D eigenvalue weighted by atomic mass is 10.1. The van der Waals surface area contributed by atoms with Crippen LogP contribution in [0.3, 0.4) is 0 Å². The van der Waals surface area contributed by atoms with E-state index in [9.17, 15) is 8.42 Å². The van der Waals surface area contributed by atoms with Gasteiger partial charge in [0.2, 0.25) is 10.0 Å². The fourth-order valence-electron chi connectivity index (χ4n) is 3.03. The van der Waals surface area contributed by atoms with Gasteiger partial charge in [-0.3, -0.25) is 4.99 Å². The first-order valence-corrected chi connectivity index (χ1v) is 11.7. The highest BCUT2D eigenvalue weighted by molar-refractivity contribution is 8.00. The number of guanidine groups is 1. The number of hydrogen-bond donors (Lipinski definition) is 3. The third-order valence-electron chi connectivity index (χ3n) is 4.62. The van der Waals surface area contributed by atoms with Gasteiger partial charge in [0.05, 0.1) is 11.9 Å². The van der Waals surface area contributed by atoms with Crippen molar-refractivity contribution in [1.82, 2.24) is 15.4 Å². The van der Waals surface area contributed by atoms with E-state index in [1.807, 2.05) is 11.8 Å². The molecule has 146 valence electrons. The Balaban J connectivity index is 1.64. The molecule has 2 atom stereocenters. The highest BCUT2D eigenvalue weighted by Gasteiger charge is 2.29. The van der Waals surface area contributed by atoms with E-state index in [-0.39, 0.29) is 16.6 Å². The largest absolute Gasteiger partial charge is 0.377 e. The second-order valence-corrected chi connectivity index (χ2v) is 10.5. The highest BCUT2D eigenvalue weighted by atomic mass is 32.2. The van der Waals surface area contributed by atoms with Crippen molar-refractivity contribution in [3.63, 3.8) is 0 Å². The number of hydrogen-bond acceptors (Lipinski definition) is 5. The van der Waals surface area contributed by atoms with Crippen LogP contribution >= 0.6 is 11.8 Å². The number of rotatable bonds is 8. The number of thioether (sulfide) groups is 1. The Morgan fingerprint density at radius 2 is 2.16 bits per heavy atom. The molecule has 0 aromatic heterocycles. The first-order valence-electron chi connectivity index (χ1n) is 9.10. The van der Waals surface area contributed by atoms with Crippen LogP contribution in [0.5, 0.6) is 0 Å². The maximum absolute atomic E-state index is 12.1. The number of aliphatic imine (C=N–C) groups is 1. The second kappa shape index (κ2) is 9.99. The number of nitrogens with one attached hydrogen (secondary N) is 3. The molecule has 0 spiro atoms. The molecule has 2 heterocycles. The molecule has 2 aliphatic heterocycles. The number of sulfonamides is 1. The van der Waals surface area contributed by atoms with Crippen LogP contribution in [-0.4, -0.2) is 70.0 Å². The molecule has 0 radical (unpaired) electrons. The van der Waals surface area contributed by atoms with Gasteiger partial charge in [-0.05, 0) is 44.8 Å². The van der Waals surface area contributed by atoms with E-state index in [0.717, 1.165) is 32.4 Å². The molecule has 0 aliphatic carbocycles. The molecule has 0 aromatic rings. The van der Waals surface area contributed by atoms with Crippen LogP contribution in [0, 0.1) is 0 Å². The maximum Gasteiger partial charge on any atom is 0.213 e. The Bertz CT molecular complexity index is 527. The van der Waals surface area contributed by atoms with Gasteiger partial charge in [-0.2, -0.15) is 11.8 Å². The lowest BCUT2D eigenvalue weighted by Crippen LogP contribution is -2.45. The molecule has 0 amide bonds. The minimum atomic E-state index is -3.31. The molecular formula is C16H32N4O3S2. The third kappa shape index (κ3) is 7.72. The summed E-state index contributed by atoms with van der Waals surface area (Å²) in [6.45, 7) is 4.51. The quantitative estimate of drug-likeness (QED) is 0.420. The van der Waals surface area contributed by atoms with Crippen molar-refractivity contribution in [2.75, 3.05) is 44.8 Å². The van der Waals surface area contributed by atoms with E-state index < -0.39 is 10.0 Å². The summed E-state index contributed by atoms with van der Waals surface area (Å²) in [5, 5.41) is 6.39. The molecule has 7 nitrogen and oxygen atoms in total. The van der Waals surface area contributed by atoms with Gasteiger partial charge >= 0.3 is 0 Å². The van der Waals surface area contributed by atoms with Crippen molar-refractivity contribution < 1.29 is 13.2 Å². The van der Waals surface area contributed by atoms with E-state index in [1.54, 1.807) is 7.05 Å². The fourth-order valence-corrected chi connectivity index (χ4v) is 5.23. The zero-order valence-corrected chi connectivity index (χ0v) is 17.0. The average molecular weight is 393 g/mol. The van der Waals surface area contributed by atoms with Gasteiger partial charge in [0.25, 0.3) is 0 Å². The molecular weight excluding hydrogens is 360 g/mol. The van der Waals surface area contributed by atoms with Gasteiger partial charge in [-0.25, -0.2) is 13.1 Å². The molecule has 0 saturated carbocycles. The summed E-state index contributed by atoms with van der Waals surface area (Å²) >= 11 is 1.98. The van der Waals surface area contributed by atoms with Gasteiger partial charge in [-0.1, -0.05) is 0 Å². The van der Waals surface area contributed by atoms with Crippen molar-refractivity contribution in [3.05, 3.63) is 0 Å². The lowest BCUT2D eigenvalue weighted by Gasteiger charge is -2.24. The van der Waals surface area contributed by atoms with E-state index in [0.29, 0.717) is 19.0 Å². The minimum absolute atomic E-state index is 0.00979. The standard InChI is InChI=1S/C16H32N4O3S2/c1-16(7-5-10-24-16)13-19-15(17-2)18-8-11-25(21,22)20-12-14-6-3-4-9-23-14/h14,20H,3-13H2,1-2H3,(H2,17,18,19). The normalized spacial score (nSPS) is 28.1. The van der Waals surface area contributed by atoms with Crippen molar-refractivity contribution in [1.29, 1.82) is 0 Å². The zero-order chi connectivity index (χ0) is 18.2. The number of nitrogens with zero attached hydrogens (tertiary/aromatic N) is 1. The summed E-state index contributed by atoms with van der Waals surface area (Å²) in [5.41, 5.74) is 0. The number of ether oxygens (including phenoxy) is 1. The van der Waals surface area contributed by atoms with Crippen LogP contribution in [-0.2, 0) is 14.8 Å². The first kappa shape index (κ1) is 20.8. The maximum atomic E-state index is 12.1. The van der Waals surface area contributed by atoms with E-state index in [2.05, 4.69) is 27.3 Å². The summed E-state index contributed by atoms with van der Waals surface area (Å²) in [6, 6.07) is 0. The highest BCUT2D eigenvalue weighted by Crippen LogP contribution is 2.36. The Hall–Kier alpha value is -0.510. The SMILES string of the molecule is CN=C(NCCS(=O)(=O)NCC1CCCCO1)NCC1(C)CCCS1. The lowest BCUT2D eigenvalue weighted by molar-refractivity contribution is 0.0200. The predicted octanol–water partition coefficient (Wildman–Crippen LogP) is 0.926. The van der Waals surface area contributed by atoms with Crippen LogP contribution in [0.1, 0.15) is 39.0 Å². The van der Waals surface area contributed by atoms with Crippen LogP contribution in [0.4, 0.5) is 0 Å². The molecule has 2 saturated heterocycles. The minimum Gasteiger partial charge on any atom is -0.377 e. The summed E-state index contributed by atoms with van der Waals surface area (Å²) in [5.74, 6) is 1.88. The van der Waals surface area contributed by atoms with Crippen LogP contribution in [0.25, 0.3) is 0 Å². The molecule has 0 aromatic carbocycles. The van der Waals surface area contributed by atoms with Crippen molar-refractivity contribution in [2.24, 2.45) is 4.99 Å². The summed E-state index contributed by atoms with van der Waals surface area (Å²) < 4.78 is 32.6. The first-order chi connectivity index (χ1) is 11.9. The van der Waals surface area contributed by atoms with Gasteiger partial charge in [0, 0.05) is 38.0 Å². The molecule has 2 fully saturated rings. The molecule has 2 rings (SSSR count). The van der Waals surface area contributed by atoms with Crippen molar-refractivity contribution >= 4 is 27.7 Å². The fraction of sp³-hybridized carbons (Fsp3) is 0.938. The van der Waals surface area contributed by atoms with E-state index in [1.165, 1.54) is 18.6 Å². The molecule has 9 heteroatoms. The van der Waals surface area contributed by atoms with Crippen molar-refractivity contribution in [3.8, 4) is 0 Å². The Morgan fingerprint density at radius 3 is 2.80 bits per heavy atom. The molecule has 3 N–H and O–H groups in total. The monoisotopic (exact) mass is 392 g/mol. The Labute approximate surface area is 156 Å². The van der Waals surface area contributed by atoms with Gasteiger partial charge in [0.1, 0.15) is 0 Å². The topological polar surface area (TPSA) is 91.8 Å². The van der Waals surface area contributed by atoms with Crippen LogP contribution in [0.15, 0.2) is 4.99 Å². The summed E-state index contributed by atoms with van der Waals surface area (Å²) in [4.78, 5) is 4.17. The summed E-state index contributed by atoms with van der Waals surface area (Å²) in [7, 11) is -1.61. The van der Waals surface area contributed by atoms with Crippen LogP contribution in [0.2, 0.25) is 0 Å². The molecule has 25 heavy (non-hydrogen) atoms. The molecule has 2 aliphatic rings. The van der Waals surface area contributed by atoms with Gasteiger partial charge < -0.3 is 15.4 Å². The smallest absolute Gasteiger partial charge is 0.213 e. The second-order valence-electron chi connectivity index (χ2n) is 6.91. The molecule has 2 unspecified atom stereocenters. The van der Waals surface area contributed by atoms with E-state index in [4.69, 9.17) is 4.74 Å². The Kier molecular flexibility index (Phi) is 8.31. The average Bonchev–Trinajstić information content (AvgIpc) is 3.04. The Morgan fingerprint density at radius 1 is 1.32 bits per heavy atom. The van der Waals surface area contributed by atoms with Gasteiger partial charge in [-0.15, -0.1) is 0 Å². The predicted molar refractivity (Wildman–Crippen MR) is 105 cm³/mol. The zero-order valence-electron chi connectivity index (χ0n) is 15.3. The van der Waals surface area contributed by atoms with Crippen molar-refractivity contribution in [2.45, 2.75) is 49.9 Å². The third-order valence-corrected chi connectivity index (χ3v) is 7.51. The van der Waals surface area contributed by atoms with E-state index >= 15 is 0 Å².